The molecule has 2 heterocycles. The van der Waals surface area contributed by atoms with Gasteiger partial charge in [-0.2, -0.15) is 4.31 Å². The van der Waals surface area contributed by atoms with Crippen LogP contribution >= 0.6 is 11.3 Å². The third kappa shape index (κ3) is 5.36. The maximum atomic E-state index is 13.2. The van der Waals surface area contributed by atoms with Gasteiger partial charge in [-0.3, -0.25) is 14.5 Å². The Balaban J connectivity index is 1.53. The lowest BCUT2D eigenvalue weighted by Gasteiger charge is -2.25. The Morgan fingerprint density at radius 2 is 1.78 bits per heavy atom. The van der Waals surface area contributed by atoms with Crippen LogP contribution in [0.25, 0.3) is 0 Å². The Hall–Kier alpha value is -3.05. The van der Waals surface area contributed by atoms with Gasteiger partial charge in [0.1, 0.15) is 5.00 Å². The highest BCUT2D eigenvalue weighted by molar-refractivity contribution is 7.89. The van der Waals surface area contributed by atoms with Gasteiger partial charge in [0.25, 0.3) is 11.8 Å². The molecule has 10 heteroatoms. The van der Waals surface area contributed by atoms with Crippen molar-refractivity contribution in [2.24, 2.45) is 5.73 Å². The smallest absolute Gasteiger partial charge is 0.256 e. The molecule has 1 aromatic heterocycles. The second kappa shape index (κ2) is 10.9. The number of fused-ring (bicyclic) bond motifs is 1. The first-order valence-corrected chi connectivity index (χ1v) is 14.1. The van der Waals surface area contributed by atoms with Crippen LogP contribution in [0.4, 0.5) is 5.00 Å². The Labute approximate surface area is 215 Å². The van der Waals surface area contributed by atoms with Gasteiger partial charge in [0, 0.05) is 36.6 Å². The number of rotatable bonds is 9. The number of thiophene rings is 1. The summed E-state index contributed by atoms with van der Waals surface area (Å²) in [6.07, 6.45) is 0.706. The van der Waals surface area contributed by atoms with E-state index in [-0.39, 0.29) is 17.0 Å². The lowest BCUT2D eigenvalue weighted by Crippen LogP contribution is -2.30. The van der Waals surface area contributed by atoms with Crippen molar-refractivity contribution < 1.29 is 18.0 Å². The minimum absolute atomic E-state index is 0.112. The Morgan fingerprint density at radius 1 is 1.08 bits per heavy atom. The lowest BCUT2D eigenvalue weighted by molar-refractivity contribution is 0.1000. The average Bonchev–Trinajstić information content (AvgIpc) is 3.24. The molecule has 1 aliphatic rings. The minimum atomic E-state index is -3.74. The van der Waals surface area contributed by atoms with E-state index in [1.807, 2.05) is 30.3 Å². The summed E-state index contributed by atoms with van der Waals surface area (Å²) >= 11 is 1.37. The number of nitrogens with zero attached hydrogens (tertiary/aromatic N) is 2. The van der Waals surface area contributed by atoms with Crippen molar-refractivity contribution in [1.82, 2.24) is 9.21 Å². The van der Waals surface area contributed by atoms with Gasteiger partial charge in [-0.1, -0.05) is 44.2 Å². The molecule has 0 aliphatic carbocycles. The Morgan fingerprint density at radius 3 is 2.39 bits per heavy atom. The third-order valence-corrected chi connectivity index (χ3v) is 9.43. The normalized spacial score (nSPS) is 14.0. The molecule has 0 saturated carbocycles. The molecule has 0 saturated heterocycles. The first-order chi connectivity index (χ1) is 17.2. The van der Waals surface area contributed by atoms with Crippen LogP contribution in [0.2, 0.25) is 0 Å². The fourth-order valence-corrected chi connectivity index (χ4v) is 7.06. The third-order valence-electron chi connectivity index (χ3n) is 6.37. The highest BCUT2D eigenvalue weighted by Gasteiger charge is 2.28. The summed E-state index contributed by atoms with van der Waals surface area (Å²) in [5.41, 5.74) is 8.13. The van der Waals surface area contributed by atoms with E-state index in [1.165, 1.54) is 39.9 Å². The molecule has 0 radical (unpaired) electrons. The lowest BCUT2D eigenvalue weighted by atomic mass is 10.0. The highest BCUT2D eigenvalue weighted by atomic mass is 32.2. The number of carbonyl (C=O) groups excluding carboxylic acids is 2. The summed E-state index contributed by atoms with van der Waals surface area (Å²) in [4.78, 5) is 28.6. The van der Waals surface area contributed by atoms with Gasteiger partial charge >= 0.3 is 0 Å². The largest absolute Gasteiger partial charge is 0.365 e. The number of sulfonamides is 1. The van der Waals surface area contributed by atoms with Crippen LogP contribution in [-0.2, 0) is 29.5 Å². The number of anilines is 1. The van der Waals surface area contributed by atoms with Crippen LogP contribution in [0.3, 0.4) is 0 Å². The summed E-state index contributed by atoms with van der Waals surface area (Å²) in [5, 5.41) is 3.26. The Bertz CT molecular complexity index is 1350. The number of benzene rings is 2. The van der Waals surface area contributed by atoms with Gasteiger partial charge in [0.15, 0.2) is 0 Å². The van der Waals surface area contributed by atoms with Crippen LogP contribution < -0.4 is 11.1 Å². The number of hydrogen-bond donors (Lipinski definition) is 2. The second-order valence-electron chi connectivity index (χ2n) is 8.59. The summed E-state index contributed by atoms with van der Waals surface area (Å²) in [5.74, 6) is -0.990. The number of nitrogens with one attached hydrogen (secondary N) is 1. The maximum absolute atomic E-state index is 13.2. The molecule has 3 N–H and O–H groups in total. The molecule has 0 atom stereocenters. The van der Waals surface area contributed by atoms with E-state index in [1.54, 1.807) is 6.92 Å². The van der Waals surface area contributed by atoms with Crippen molar-refractivity contribution in [3.63, 3.8) is 0 Å². The van der Waals surface area contributed by atoms with Crippen molar-refractivity contribution in [1.29, 1.82) is 0 Å². The molecule has 0 unspecified atom stereocenters. The first kappa shape index (κ1) is 26.0. The van der Waals surface area contributed by atoms with E-state index >= 15 is 0 Å². The highest BCUT2D eigenvalue weighted by Crippen LogP contribution is 2.37. The van der Waals surface area contributed by atoms with E-state index in [0.29, 0.717) is 23.5 Å². The van der Waals surface area contributed by atoms with Crippen LogP contribution in [-0.4, -0.2) is 49.1 Å². The van der Waals surface area contributed by atoms with Crippen LogP contribution in [0, 0.1) is 0 Å². The van der Waals surface area contributed by atoms with E-state index in [9.17, 15) is 18.0 Å². The summed E-state index contributed by atoms with van der Waals surface area (Å²) < 4.78 is 27.8. The van der Waals surface area contributed by atoms with E-state index in [2.05, 4.69) is 17.1 Å². The molecular weight excluding hydrogens is 496 g/mol. The minimum Gasteiger partial charge on any atom is -0.365 e. The number of nitrogens with two attached hydrogens (primary N) is 1. The topological polar surface area (TPSA) is 113 Å². The van der Waals surface area contributed by atoms with Crippen molar-refractivity contribution in [3.05, 3.63) is 81.7 Å². The number of likely N-dealkylation sites (N-methyl/N-ethyl adjacent to an activating group) is 1. The molecule has 0 fully saturated rings. The summed E-state index contributed by atoms with van der Waals surface area (Å²) in [7, 11) is -3.74. The van der Waals surface area contributed by atoms with E-state index < -0.39 is 21.8 Å². The molecule has 3 aromatic rings. The number of carbonyl (C=O) groups is 2. The van der Waals surface area contributed by atoms with Crippen molar-refractivity contribution in [2.75, 3.05) is 25.0 Å². The van der Waals surface area contributed by atoms with Gasteiger partial charge in [-0.05, 0) is 48.4 Å². The molecule has 36 heavy (non-hydrogen) atoms. The number of primary amides is 1. The molecule has 1 aliphatic heterocycles. The predicted octanol–water partition coefficient (Wildman–Crippen LogP) is 3.69. The van der Waals surface area contributed by atoms with Gasteiger partial charge < -0.3 is 11.1 Å². The molecule has 8 nitrogen and oxygen atoms in total. The van der Waals surface area contributed by atoms with Crippen molar-refractivity contribution in [2.45, 2.75) is 38.3 Å². The van der Waals surface area contributed by atoms with Gasteiger partial charge in [-0.25, -0.2) is 8.42 Å². The first-order valence-electron chi connectivity index (χ1n) is 11.9. The fourth-order valence-electron chi connectivity index (χ4n) is 4.33. The molecule has 190 valence electrons. The predicted molar refractivity (Wildman–Crippen MR) is 142 cm³/mol. The zero-order valence-electron chi connectivity index (χ0n) is 20.4. The maximum Gasteiger partial charge on any atom is 0.256 e. The van der Waals surface area contributed by atoms with E-state index in [4.69, 9.17) is 5.73 Å². The zero-order valence-corrected chi connectivity index (χ0v) is 22.0. The summed E-state index contributed by atoms with van der Waals surface area (Å²) in [6, 6.07) is 15.2. The average molecular weight is 527 g/mol. The van der Waals surface area contributed by atoms with Gasteiger partial charge in [-0.15, -0.1) is 11.3 Å². The molecule has 2 amide bonds. The van der Waals surface area contributed by atoms with Gasteiger partial charge in [0.2, 0.25) is 10.0 Å². The van der Waals surface area contributed by atoms with Crippen LogP contribution in [0.5, 0.6) is 0 Å². The molecule has 0 bridgehead atoms. The van der Waals surface area contributed by atoms with Crippen LogP contribution in [0.1, 0.15) is 50.6 Å². The Kier molecular flexibility index (Phi) is 7.89. The van der Waals surface area contributed by atoms with Gasteiger partial charge in [0.05, 0.1) is 10.5 Å². The zero-order chi connectivity index (χ0) is 25.9. The summed E-state index contributed by atoms with van der Waals surface area (Å²) in [6.45, 7) is 6.91. The molecule has 4 rings (SSSR count). The van der Waals surface area contributed by atoms with Crippen LogP contribution in [0.15, 0.2) is 59.5 Å². The van der Waals surface area contributed by atoms with Crippen molar-refractivity contribution >= 4 is 38.2 Å². The van der Waals surface area contributed by atoms with Crippen molar-refractivity contribution in [3.8, 4) is 0 Å². The fraction of sp³-hybridized carbons (Fsp3) is 0.308. The molecule has 2 aromatic carbocycles. The quantitative estimate of drug-likeness (QED) is 0.442. The standard InChI is InChI=1S/C26H30N4O4S2/c1-3-29-15-14-21-22(17-29)35-26(23(21)24(27)31)28-25(32)19-10-12-20(13-11-19)36(33,34)30(4-2)16-18-8-6-5-7-9-18/h5-13H,3-4,14-17H2,1-2H3,(H2,27,31)(H,28,32). The monoisotopic (exact) mass is 526 g/mol. The second-order valence-corrected chi connectivity index (χ2v) is 11.6. The molecule has 0 spiro atoms. The molecular formula is C26H30N4O4S2. The number of amides is 2. The SMILES string of the molecule is CCN1CCc2c(sc(NC(=O)c3ccc(S(=O)(=O)N(CC)Cc4ccccc4)cc3)c2C(N)=O)C1. The number of hydrogen-bond acceptors (Lipinski definition) is 6. The van der Waals surface area contributed by atoms with E-state index in [0.717, 1.165) is 35.6 Å².